The van der Waals surface area contributed by atoms with Crippen LogP contribution < -0.4 is 5.56 Å². The number of rotatable bonds is 4. The minimum atomic E-state index is -4.95. The van der Waals surface area contributed by atoms with Gasteiger partial charge in [-0.1, -0.05) is 54.5 Å². The molecule has 0 aliphatic heterocycles. The summed E-state index contributed by atoms with van der Waals surface area (Å²) in [5.74, 6) is 4.71. The Bertz CT molecular complexity index is 1030. The highest BCUT2D eigenvalue weighted by Gasteiger charge is 2.58. The zero-order valence-corrected chi connectivity index (χ0v) is 14.7. The maximum atomic E-state index is 14.3. The molecule has 0 radical (unpaired) electrons. The van der Waals surface area contributed by atoms with Crippen molar-refractivity contribution in [2.24, 2.45) is 0 Å². The number of ether oxygens (including phenoxy) is 1. The number of alkyl halides is 3. The largest absolute Gasteiger partial charge is 0.433 e. The molecular formula is C22H16F3NO2. The molecule has 1 N–H and O–H groups in total. The molecule has 3 rings (SSSR count). The Balaban J connectivity index is 2.14. The van der Waals surface area contributed by atoms with Gasteiger partial charge in [0.1, 0.15) is 0 Å². The van der Waals surface area contributed by atoms with Crippen LogP contribution in [0.2, 0.25) is 0 Å². The summed E-state index contributed by atoms with van der Waals surface area (Å²) in [6.45, 7) is -0.363. The van der Waals surface area contributed by atoms with Gasteiger partial charge in [-0.15, -0.1) is 0 Å². The molecule has 6 heteroatoms. The van der Waals surface area contributed by atoms with Crippen LogP contribution in [0.1, 0.15) is 16.7 Å². The van der Waals surface area contributed by atoms with Crippen molar-refractivity contribution in [2.75, 3.05) is 0 Å². The molecule has 0 spiro atoms. The molecular weight excluding hydrogens is 367 g/mol. The molecule has 0 amide bonds. The molecule has 3 aromatic rings. The first-order valence-electron chi connectivity index (χ1n) is 8.43. The second-order valence-electron chi connectivity index (χ2n) is 5.98. The van der Waals surface area contributed by atoms with E-state index in [2.05, 4.69) is 16.8 Å². The molecule has 28 heavy (non-hydrogen) atoms. The van der Waals surface area contributed by atoms with Crippen LogP contribution in [0.5, 0.6) is 0 Å². The van der Waals surface area contributed by atoms with E-state index in [-0.39, 0.29) is 6.61 Å². The van der Waals surface area contributed by atoms with Crippen LogP contribution in [0, 0.1) is 11.8 Å². The molecule has 142 valence electrons. The molecule has 0 aliphatic carbocycles. The van der Waals surface area contributed by atoms with Crippen LogP contribution >= 0.6 is 0 Å². The van der Waals surface area contributed by atoms with Crippen molar-refractivity contribution in [3.05, 3.63) is 106 Å². The number of nitrogens with one attached hydrogen (secondary N) is 1. The van der Waals surface area contributed by atoms with Gasteiger partial charge in [0.05, 0.1) is 12.2 Å². The molecule has 1 aromatic heterocycles. The van der Waals surface area contributed by atoms with E-state index in [1.165, 1.54) is 12.3 Å². The van der Waals surface area contributed by atoms with Gasteiger partial charge in [0.2, 0.25) is 0 Å². The molecule has 2 aromatic carbocycles. The summed E-state index contributed by atoms with van der Waals surface area (Å²) >= 11 is 0. The third-order valence-corrected chi connectivity index (χ3v) is 4.05. The van der Waals surface area contributed by atoms with Crippen molar-refractivity contribution >= 4 is 0 Å². The molecule has 1 heterocycles. The summed E-state index contributed by atoms with van der Waals surface area (Å²) in [7, 11) is 0. The van der Waals surface area contributed by atoms with E-state index in [9.17, 15) is 18.0 Å². The van der Waals surface area contributed by atoms with E-state index >= 15 is 0 Å². The number of aromatic amines is 1. The average molecular weight is 383 g/mol. The first kappa shape index (κ1) is 19.5. The second kappa shape index (κ2) is 8.15. The van der Waals surface area contributed by atoms with Crippen molar-refractivity contribution in [2.45, 2.75) is 18.4 Å². The fourth-order valence-electron chi connectivity index (χ4n) is 2.63. The van der Waals surface area contributed by atoms with Crippen molar-refractivity contribution in [1.82, 2.24) is 4.98 Å². The molecule has 1 atom stereocenters. The minimum Gasteiger partial charge on any atom is -0.345 e. The lowest BCUT2D eigenvalue weighted by molar-refractivity contribution is -0.263. The maximum Gasteiger partial charge on any atom is 0.433 e. The van der Waals surface area contributed by atoms with E-state index in [0.717, 1.165) is 6.07 Å². The van der Waals surface area contributed by atoms with Crippen molar-refractivity contribution in [3.63, 3.8) is 0 Å². The average Bonchev–Trinajstić information content (AvgIpc) is 2.70. The summed E-state index contributed by atoms with van der Waals surface area (Å²) in [4.78, 5) is 14.5. The summed E-state index contributed by atoms with van der Waals surface area (Å²) in [6.07, 6.45) is -3.69. The summed E-state index contributed by atoms with van der Waals surface area (Å²) in [5, 5.41) is 0. The lowest BCUT2D eigenvalue weighted by Crippen LogP contribution is -2.47. The van der Waals surface area contributed by atoms with Crippen LogP contribution in [0.4, 0.5) is 13.2 Å². The van der Waals surface area contributed by atoms with Gasteiger partial charge in [-0.05, 0) is 35.7 Å². The molecule has 0 saturated heterocycles. The Kier molecular flexibility index (Phi) is 5.67. The Morgan fingerprint density at radius 2 is 1.54 bits per heavy atom. The number of hydrogen-bond donors (Lipinski definition) is 1. The molecule has 0 unspecified atom stereocenters. The zero-order chi connectivity index (χ0) is 20.0. The Morgan fingerprint density at radius 3 is 2.14 bits per heavy atom. The topological polar surface area (TPSA) is 42.1 Å². The zero-order valence-electron chi connectivity index (χ0n) is 14.7. The van der Waals surface area contributed by atoms with Gasteiger partial charge < -0.3 is 9.72 Å². The number of hydrogen-bond acceptors (Lipinski definition) is 2. The van der Waals surface area contributed by atoms with Gasteiger partial charge in [0, 0.05) is 11.8 Å². The van der Waals surface area contributed by atoms with Crippen LogP contribution in [0.3, 0.4) is 0 Å². The number of aromatic nitrogens is 1. The van der Waals surface area contributed by atoms with Crippen molar-refractivity contribution in [1.29, 1.82) is 0 Å². The minimum absolute atomic E-state index is 0.363. The summed E-state index contributed by atoms with van der Waals surface area (Å²) in [5.41, 5.74) is -3.68. The van der Waals surface area contributed by atoms with Gasteiger partial charge in [-0.3, -0.25) is 4.79 Å². The van der Waals surface area contributed by atoms with E-state index in [1.807, 2.05) is 0 Å². The lowest BCUT2D eigenvalue weighted by Gasteiger charge is -2.30. The molecule has 0 aliphatic rings. The fourth-order valence-corrected chi connectivity index (χ4v) is 2.63. The predicted octanol–water partition coefficient (Wildman–Crippen LogP) is 4.40. The van der Waals surface area contributed by atoms with Gasteiger partial charge >= 0.3 is 6.18 Å². The smallest absolute Gasteiger partial charge is 0.345 e. The van der Waals surface area contributed by atoms with Gasteiger partial charge in [0.15, 0.2) is 0 Å². The SMILES string of the molecule is O=c1[nH]cccc1[C@](C#Cc1ccccc1)(OCc1ccccc1)C(F)(F)F. The monoisotopic (exact) mass is 383 g/mol. The maximum absolute atomic E-state index is 14.3. The predicted molar refractivity (Wildman–Crippen MR) is 99.3 cm³/mol. The first-order valence-corrected chi connectivity index (χ1v) is 8.43. The lowest BCUT2D eigenvalue weighted by atomic mass is 9.93. The van der Waals surface area contributed by atoms with Crippen LogP contribution in [-0.4, -0.2) is 11.2 Å². The fraction of sp³-hybridized carbons (Fsp3) is 0.136. The van der Waals surface area contributed by atoms with Gasteiger partial charge in [-0.25, -0.2) is 0 Å². The molecule has 0 fully saturated rings. The number of halogens is 3. The van der Waals surface area contributed by atoms with Crippen molar-refractivity contribution < 1.29 is 17.9 Å². The highest BCUT2D eigenvalue weighted by atomic mass is 19.4. The third-order valence-electron chi connectivity index (χ3n) is 4.05. The normalized spacial score (nSPS) is 13.2. The molecule has 3 nitrogen and oxygen atoms in total. The Morgan fingerprint density at radius 1 is 0.893 bits per heavy atom. The summed E-state index contributed by atoms with van der Waals surface area (Å²) < 4.78 is 48.1. The van der Waals surface area contributed by atoms with Gasteiger partial charge in [-0.2, -0.15) is 13.2 Å². The highest BCUT2D eigenvalue weighted by Crippen LogP contribution is 2.41. The highest BCUT2D eigenvalue weighted by molar-refractivity contribution is 5.41. The third kappa shape index (κ3) is 4.16. The van der Waals surface area contributed by atoms with E-state index in [1.54, 1.807) is 60.7 Å². The Hall–Kier alpha value is -3.30. The van der Waals surface area contributed by atoms with Crippen LogP contribution in [-0.2, 0) is 16.9 Å². The van der Waals surface area contributed by atoms with E-state index in [0.29, 0.717) is 11.1 Å². The first-order chi connectivity index (χ1) is 13.4. The quantitative estimate of drug-likeness (QED) is 0.679. The van der Waals surface area contributed by atoms with Crippen LogP contribution in [0.25, 0.3) is 0 Å². The van der Waals surface area contributed by atoms with Crippen LogP contribution in [0.15, 0.2) is 83.8 Å². The molecule has 0 saturated carbocycles. The van der Waals surface area contributed by atoms with E-state index in [4.69, 9.17) is 4.74 Å². The van der Waals surface area contributed by atoms with E-state index < -0.39 is 22.9 Å². The Labute approximate surface area is 159 Å². The number of pyridine rings is 1. The molecule has 0 bridgehead atoms. The number of H-pyrrole nitrogens is 1. The van der Waals surface area contributed by atoms with Gasteiger partial charge in [0.25, 0.3) is 11.2 Å². The number of benzene rings is 2. The van der Waals surface area contributed by atoms with Crippen molar-refractivity contribution in [3.8, 4) is 11.8 Å². The second-order valence-corrected chi connectivity index (χ2v) is 5.98. The summed E-state index contributed by atoms with van der Waals surface area (Å²) in [6, 6.07) is 19.0. The standard InChI is InChI=1S/C22H16F3NO2/c23-22(24,25)21(19-12-7-15-26-20(19)27,14-13-17-8-3-1-4-9-17)28-16-18-10-5-2-6-11-18/h1-12,15H,16H2,(H,26,27)/t21-/m0/s1.